The molecule has 0 radical (unpaired) electrons. The average molecular weight is 232 g/mol. The lowest BCUT2D eigenvalue weighted by Crippen LogP contribution is -2.24. The molecule has 0 unspecified atom stereocenters. The van der Waals surface area contributed by atoms with Crippen molar-refractivity contribution in [3.05, 3.63) is 34.6 Å². The van der Waals surface area contributed by atoms with Crippen molar-refractivity contribution in [1.82, 2.24) is 15.0 Å². The van der Waals surface area contributed by atoms with Gasteiger partial charge in [0.15, 0.2) is 0 Å². The molecule has 0 amide bonds. The molecule has 17 heavy (non-hydrogen) atoms. The summed E-state index contributed by atoms with van der Waals surface area (Å²) in [6, 6.07) is 1.40. The summed E-state index contributed by atoms with van der Waals surface area (Å²) in [6.45, 7) is 4.10. The van der Waals surface area contributed by atoms with Gasteiger partial charge in [0.05, 0.1) is 23.1 Å². The maximum atomic E-state index is 11.8. The van der Waals surface area contributed by atoms with Crippen molar-refractivity contribution in [2.24, 2.45) is 11.7 Å². The molecule has 5 heteroatoms. The molecule has 2 rings (SSSR count). The lowest BCUT2D eigenvalue weighted by atomic mass is 9.99. The first-order valence-electron chi connectivity index (χ1n) is 5.73. The van der Waals surface area contributed by atoms with Gasteiger partial charge >= 0.3 is 0 Å². The molecule has 2 atom stereocenters. The minimum Gasteiger partial charge on any atom is -0.321 e. The number of rotatable bonds is 3. The topological polar surface area (TPSA) is 84.7 Å². The highest BCUT2D eigenvalue weighted by atomic mass is 16.1. The highest BCUT2D eigenvalue weighted by Gasteiger charge is 2.16. The summed E-state index contributed by atoms with van der Waals surface area (Å²) in [5.41, 5.74) is 6.48. The number of pyridine rings is 1. The van der Waals surface area contributed by atoms with Crippen LogP contribution in [0.4, 0.5) is 0 Å². The van der Waals surface area contributed by atoms with Gasteiger partial charge in [0.2, 0.25) is 0 Å². The lowest BCUT2D eigenvalue weighted by Gasteiger charge is -2.17. The minimum absolute atomic E-state index is 0.161. The smallest absolute Gasteiger partial charge is 0.258 e. The summed E-state index contributed by atoms with van der Waals surface area (Å²) < 4.78 is 0. The molecule has 0 saturated carbocycles. The van der Waals surface area contributed by atoms with Gasteiger partial charge in [-0.1, -0.05) is 20.3 Å². The van der Waals surface area contributed by atoms with Gasteiger partial charge in [0.1, 0.15) is 5.82 Å². The summed E-state index contributed by atoms with van der Waals surface area (Å²) >= 11 is 0. The standard InChI is InChI=1S/C12H16N4O/c1-3-7(2)10(13)11-15-9-6-14-5-4-8(9)12(17)16-11/h4-7,10H,3,13H2,1-2H3,(H,15,16,17)/t7-,10-/m1/s1. The maximum absolute atomic E-state index is 11.8. The van der Waals surface area contributed by atoms with Crippen LogP contribution in [0.2, 0.25) is 0 Å². The van der Waals surface area contributed by atoms with Crippen LogP contribution in [0.15, 0.2) is 23.3 Å². The van der Waals surface area contributed by atoms with E-state index in [-0.39, 0.29) is 17.5 Å². The molecule has 3 N–H and O–H groups in total. The summed E-state index contributed by atoms with van der Waals surface area (Å²) in [5, 5.41) is 0.542. The second kappa shape index (κ2) is 4.63. The normalized spacial score (nSPS) is 14.8. The number of nitrogens with two attached hydrogens (primary N) is 1. The molecule has 2 aromatic rings. The molecule has 2 aromatic heterocycles. The summed E-state index contributed by atoms with van der Waals surface area (Å²) in [5.74, 6) is 0.803. The van der Waals surface area contributed by atoms with Crippen LogP contribution in [0, 0.1) is 5.92 Å². The maximum Gasteiger partial charge on any atom is 0.258 e. The van der Waals surface area contributed by atoms with Crippen LogP contribution in [0.5, 0.6) is 0 Å². The van der Waals surface area contributed by atoms with Gasteiger partial charge in [-0.2, -0.15) is 0 Å². The number of aromatic amines is 1. The molecule has 0 spiro atoms. The molecule has 0 fully saturated rings. The highest BCUT2D eigenvalue weighted by Crippen LogP contribution is 2.18. The predicted molar refractivity (Wildman–Crippen MR) is 66.5 cm³/mol. The Morgan fingerprint density at radius 1 is 1.53 bits per heavy atom. The Morgan fingerprint density at radius 2 is 2.29 bits per heavy atom. The van der Waals surface area contributed by atoms with E-state index in [0.717, 1.165) is 6.42 Å². The monoisotopic (exact) mass is 232 g/mol. The Bertz CT molecular complexity index is 578. The zero-order chi connectivity index (χ0) is 12.4. The van der Waals surface area contributed by atoms with Crippen molar-refractivity contribution >= 4 is 10.9 Å². The van der Waals surface area contributed by atoms with Crippen LogP contribution in [0.25, 0.3) is 10.9 Å². The summed E-state index contributed by atoms with van der Waals surface area (Å²) in [7, 11) is 0. The fraction of sp³-hybridized carbons (Fsp3) is 0.417. The third-order valence-corrected chi connectivity index (χ3v) is 3.10. The molecule has 0 bridgehead atoms. The molecular formula is C12H16N4O. The second-order valence-corrected chi connectivity index (χ2v) is 4.26. The number of hydrogen-bond donors (Lipinski definition) is 2. The molecule has 5 nitrogen and oxygen atoms in total. The number of aromatic nitrogens is 3. The lowest BCUT2D eigenvalue weighted by molar-refractivity contribution is 0.439. The molecular weight excluding hydrogens is 216 g/mol. The third kappa shape index (κ3) is 2.19. The van der Waals surface area contributed by atoms with Gasteiger partial charge in [0, 0.05) is 6.20 Å². The SMILES string of the molecule is CC[C@@H](C)[C@@H](N)c1nc2cnccc2c(=O)[nH]1. The Hall–Kier alpha value is -1.75. The molecule has 0 aliphatic carbocycles. The Morgan fingerprint density at radius 3 is 3.00 bits per heavy atom. The fourth-order valence-corrected chi connectivity index (χ4v) is 1.69. The zero-order valence-electron chi connectivity index (χ0n) is 9.97. The minimum atomic E-state index is -0.252. The quantitative estimate of drug-likeness (QED) is 0.836. The van der Waals surface area contributed by atoms with E-state index in [9.17, 15) is 4.79 Å². The molecule has 2 heterocycles. The van der Waals surface area contributed by atoms with Gasteiger partial charge in [-0.05, 0) is 12.0 Å². The van der Waals surface area contributed by atoms with Crippen LogP contribution in [-0.4, -0.2) is 15.0 Å². The molecule has 0 aliphatic heterocycles. The van der Waals surface area contributed by atoms with E-state index in [0.29, 0.717) is 16.7 Å². The first-order chi connectivity index (χ1) is 8.13. The van der Waals surface area contributed by atoms with Crippen molar-refractivity contribution in [3.8, 4) is 0 Å². The van der Waals surface area contributed by atoms with Crippen molar-refractivity contribution in [3.63, 3.8) is 0 Å². The van der Waals surface area contributed by atoms with E-state index in [1.165, 1.54) is 0 Å². The predicted octanol–water partition coefficient (Wildman–Crippen LogP) is 1.36. The van der Waals surface area contributed by atoms with E-state index in [2.05, 4.69) is 21.9 Å². The van der Waals surface area contributed by atoms with Crippen molar-refractivity contribution in [1.29, 1.82) is 0 Å². The molecule has 0 aromatic carbocycles. The second-order valence-electron chi connectivity index (χ2n) is 4.26. The Labute approximate surface area is 99.1 Å². The van der Waals surface area contributed by atoms with E-state index >= 15 is 0 Å². The number of hydrogen-bond acceptors (Lipinski definition) is 4. The average Bonchev–Trinajstić information content (AvgIpc) is 2.37. The highest BCUT2D eigenvalue weighted by molar-refractivity contribution is 5.75. The first kappa shape index (κ1) is 11.7. The van der Waals surface area contributed by atoms with Crippen molar-refractivity contribution < 1.29 is 0 Å². The van der Waals surface area contributed by atoms with E-state index in [1.54, 1.807) is 18.5 Å². The Kier molecular flexibility index (Phi) is 3.19. The van der Waals surface area contributed by atoms with E-state index in [4.69, 9.17) is 5.73 Å². The Balaban J connectivity index is 2.54. The van der Waals surface area contributed by atoms with Gasteiger partial charge in [-0.3, -0.25) is 9.78 Å². The van der Waals surface area contributed by atoms with Gasteiger partial charge in [-0.15, -0.1) is 0 Å². The fourth-order valence-electron chi connectivity index (χ4n) is 1.69. The van der Waals surface area contributed by atoms with Crippen LogP contribution >= 0.6 is 0 Å². The number of fused-ring (bicyclic) bond motifs is 1. The van der Waals surface area contributed by atoms with Crippen molar-refractivity contribution in [2.75, 3.05) is 0 Å². The summed E-state index contributed by atoms with van der Waals surface area (Å²) in [6.07, 6.45) is 4.10. The number of H-pyrrole nitrogens is 1. The molecule has 0 saturated heterocycles. The number of nitrogens with one attached hydrogen (secondary N) is 1. The van der Waals surface area contributed by atoms with Gasteiger partial charge in [0.25, 0.3) is 5.56 Å². The molecule has 0 aliphatic rings. The zero-order valence-corrected chi connectivity index (χ0v) is 9.97. The van der Waals surface area contributed by atoms with Gasteiger partial charge in [-0.25, -0.2) is 4.98 Å². The number of nitrogens with zero attached hydrogens (tertiary/aromatic N) is 2. The van der Waals surface area contributed by atoms with Crippen LogP contribution in [0.3, 0.4) is 0 Å². The van der Waals surface area contributed by atoms with Crippen LogP contribution in [0.1, 0.15) is 32.1 Å². The largest absolute Gasteiger partial charge is 0.321 e. The van der Waals surface area contributed by atoms with Gasteiger partial charge < -0.3 is 10.7 Å². The molecule has 90 valence electrons. The third-order valence-electron chi connectivity index (χ3n) is 3.10. The van der Waals surface area contributed by atoms with E-state index < -0.39 is 0 Å². The van der Waals surface area contributed by atoms with Crippen molar-refractivity contribution in [2.45, 2.75) is 26.3 Å². The van der Waals surface area contributed by atoms with Crippen LogP contribution < -0.4 is 11.3 Å². The van der Waals surface area contributed by atoms with E-state index in [1.807, 2.05) is 6.92 Å². The first-order valence-corrected chi connectivity index (χ1v) is 5.73. The van der Waals surface area contributed by atoms with Crippen LogP contribution in [-0.2, 0) is 0 Å². The summed E-state index contributed by atoms with van der Waals surface area (Å²) in [4.78, 5) is 22.9.